The van der Waals surface area contributed by atoms with Gasteiger partial charge in [-0.15, -0.1) is 0 Å². The number of morpholine rings is 1. The van der Waals surface area contributed by atoms with Crippen molar-refractivity contribution in [3.8, 4) is 0 Å². The van der Waals surface area contributed by atoms with Gasteiger partial charge >= 0.3 is 6.18 Å². The smallest absolute Gasteiger partial charge is 0.379 e. The van der Waals surface area contributed by atoms with Crippen LogP contribution in [0.25, 0.3) is 0 Å². The van der Waals surface area contributed by atoms with E-state index in [2.05, 4.69) is 4.90 Å². The Balaban J connectivity index is 1.63. The van der Waals surface area contributed by atoms with Crippen LogP contribution in [0.3, 0.4) is 0 Å². The number of carbonyl (C=O) groups excluding carboxylic acids is 1. The second kappa shape index (κ2) is 8.39. The van der Waals surface area contributed by atoms with Crippen LogP contribution in [-0.2, 0) is 10.9 Å². The highest BCUT2D eigenvalue weighted by atomic mass is 19.4. The van der Waals surface area contributed by atoms with E-state index in [1.165, 1.54) is 12.1 Å². The third-order valence-electron chi connectivity index (χ3n) is 5.23. The van der Waals surface area contributed by atoms with Gasteiger partial charge in [0.1, 0.15) is 0 Å². The lowest BCUT2D eigenvalue weighted by atomic mass is 9.97. The molecule has 0 aromatic heterocycles. The highest BCUT2D eigenvalue weighted by molar-refractivity contribution is 5.94. The monoisotopic (exact) mass is 370 g/mol. The van der Waals surface area contributed by atoms with Gasteiger partial charge in [0.2, 0.25) is 0 Å². The Morgan fingerprint density at radius 1 is 1.08 bits per heavy atom. The van der Waals surface area contributed by atoms with Crippen molar-refractivity contribution in [1.82, 2.24) is 9.80 Å². The number of piperidine rings is 1. The first kappa shape index (κ1) is 19.2. The van der Waals surface area contributed by atoms with Gasteiger partial charge in [0.05, 0.1) is 18.8 Å². The predicted octanol–water partition coefficient (Wildman–Crippen LogP) is 3.42. The molecule has 1 aromatic rings. The first-order chi connectivity index (χ1) is 12.4. The summed E-state index contributed by atoms with van der Waals surface area (Å²) < 4.78 is 43.5. The molecule has 144 valence electrons. The maximum absolute atomic E-state index is 12.8. The van der Waals surface area contributed by atoms with Crippen LogP contribution in [0, 0.1) is 0 Å². The van der Waals surface area contributed by atoms with Crippen LogP contribution in [0.4, 0.5) is 13.2 Å². The van der Waals surface area contributed by atoms with Gasteiger partial charge < -0.3 is 9.64 Å². The Kier molecular flexibility index (Phi) is 6.19. The van der Waals surface area contributed by atoms with Crippen molar-refractivity contribution in [1.29, 1.82) is 0 Å². The summed E-state index contributed by atoms with van der Waals surface area (Å²) >= 11 is 0. The van der Waals surface area contributed by atoms with Gasteiger partial charge in [-0.05, 0) is 49.9 Å². The molecular weight excluding hydrogens is 345 g/mol. The number of likely N-dealkylation sites (tertiary alicyclic amines) is 1. The van der Waals surface area contributed by atoms with Crippen molar-refractivity contribution in [2.45, 2.75) is 37.9 Å². The number of rotatable bonds is 4. The van der Waals surface area contributed by atoms with Crippen LogP contribution in [0.2, 0.25) is 0 Å². The fraction of sp³-hybridized carbons (Fsp3) is 0.632. The Hall–Kier alpha value is -1.60. The highest BCUT2D eigenvalue weighted by Crippen LogP contribution is 2.30. The third-order valence-corrected chi connectivity index (χ3v) is 5.23. The van der Waals surface area contributed by atoms with Crippen molar-refractivity contribution in [2.75, 3.05) is 39.4 Å². The largest absolute Gasteiger partial charge is 0.416 e. The summed E-state index contributed by atoms with van der Waals surface area (Å²) in [5.74, 6) is -0.162. The van der Waals surface area contributed by atoms with Gasteiger partial charge in [0, 0.05) is 37.8 Å². The molecule has 2 aliphatic heterocycles. The molecular formula is C19H25F3N2O2. The van der Waals surface area contributed by atoms with Gasteiger partial charge in [0.15, 0.2) is 0 Å². The fourth-order valence-electron chi connectivity index (χ4n) is 3.69. The second-order valence-corrected chi connectivity index (χ2v) is 6.97. The highest BCUT2D eigenvalue weighted by Gasteiger charge is 2.31. The van der Waals surface area contributed by atoms with Crippen molar-refractivity contribution in [3.63, 3.8) is 0 Å². The third kappa shape index (κ3) is 4.76. The molecule has 0 saturated carbocycles. The van der Waals surface area contributed by atoms with Crippen molar-refractivity contribution < 1.29 is 22.7 Å². The molecule has 2 fully saturated rings. The summed E-state index contributed by atoms with van der Waals surface area (Å²) in [6.45, 7) is 4.93. The minimum absolute atomic E-state index is 0.154. The molecule has 1 amide bonds. The van der Waals surface area contributed by atoms with Crippen molar-refractivity contribution in [3.05, 3.63) is 35.4 Å². The number of carbonyl (C=O) groups is 1. The maximum Gasteiger partial charge on any atom is 0.416 e. The number of ether oxygens (including phenoxy) is 1. The van der Waals surface area contributed by atoms with Crippen LogP contribution in [0.5, 0.6) is 0 Å². The molecule has 2 heterocycles. The van der Waals surface area contributed by atoms with Crippen LogP contribution >= 0.6 is 0 Å². The minimum Gasteiger partial charge on any atom is -0.379 e. The summed E-state index contributed by atoms with van der Waals surface area (Å²) in [6, 6.07) is 4.71. The fourth-order valence-corrected chi connectivity index (χ4v) is 3.69. The summed E-state index contributed by atoms with van der Waals surface area (Å²) in [6.07, 6.45) is -0.499. The molecule has 1 atom stereocenters. The average Bonchev–Trinajstić information content (AvgIpc) is 2.66. The molecule has 26 heavy (non-hydrogen) atoms. The molecule has 0 radical (unpaired) electrons. The molecule has 0 bridgehead atoms. The molecule has 0 aliphatic carbocycles. The van der Waals surface area contributed by atoms with E-state index in [0.717, 1.165) is 70.7 Å². The maximum atomic E-state index is 12.8. The minimum atomic E-state index is -4.38. The zero-order valence-electron chi connectivity index (χ0n) is 14.8. The molecule has 2 aliphatic rings. The Labute approximate surface area is 151 Å². The number of hydrogen-bond acceptors (Lipinski definition) is 3. The van der Waals surface area contributed by atoms with E-state index in [4.69, 9.17) is 4.74 Å². The first-order valence-electron chi connectivity index (χ1n) is 9.23. The number of alkyl halides is 3. The zero-order valence-corrected chi connectivity index (χ0v) is 14.8. The van der Waals surface area contributed by atoms with Crippen LogP contribution < -0.4 is 0 Å². The van der Waals surface area contributed by atoms with Crippen LogP contribution in [-0.4, -0.2) is 61.1 Å². The molecule has 7 heteroatoms. The molecule has 1 aromatic carbocycles. The van der Waals surface area contributed by atoms with Crippen LogP contribution in [0.15, 0.2) is 24.3 Å². The summed E-state index contributed by atoms with van der Waals surface area (Å²) in [7, 11) is 0. The molecule has 2 saturated heterocycles. The number of hydrogen-bond donors (Lipinski definition) is 0. The van der Waals surface area contributed by atoms with Gasteiger partial charge in [-0.3, -0.25) is 9.69 Å². The van der Waals surface area contributed by atoms with Gasteiger partial charge in [-0.1, -0.05) is 0 Å². The van der Waals surface area contributed by atoms with E-state index >= 15 is 0 Å². The average molecular weight is 370 g/mol. The Bertz CT molecular complexity index is 598. The number of halogens is 3. The van der Waals surface area contributed by atoms with Crippen molar-refractivity contribution in [2.24, 2.45) is 0 Å². The molecule has 0 unspecified atom stereocenters. The van der Waals surface area contributed by atoms with Crippen molar-refractivity contribution >= 4 is 5.91 Å². The van der Waals surface area contributed by atoms with Gasteiger partial charge in [0.25, 0.3) is 5.91 Å². The second-order valence-electron chi connectivity index (χ2n) is 6.97. The normalized spacial score (nSPS) is 22.4. The van der Waals surface area contributed by atoms with E-state index < -0.39 is 11.7 Å². The number of benzene rings is 1. The van der Waals surface area contributed by atoms with E-state index in [1.807, 2.05) is 4.90 Å². The molecule has 3 rings (SSSR count). The van der Waals surface area contributed by atoms with Gasteiger partial charge in [-0.2, -0.15) is 13.2 Å². The van der Waals surface area contributed by atoms with E-state index in [-0.39, 0.29) is 11.9 Å². The predicted molar refractivity (Wildman–Crippen MR) is 92.0 cm³/mol. The number of nitrogens with zero attached hydrogens (tertiary/aromatic N) is 2. The topological polar surface area (TPSA) is 32.8 Å². The first-order valence-corrected chi connectivity index (χ1v) is 9.23. The van der Waals surface area contributed by atoms with Crippen LogP contribution in [0.1, 0.15) is 41.6 Å². The van der Waals surface area contributed by atoms with E-state index in [1.54, 1.807) is 0 Å². The van der Waals surface area contributed by atoms with Gasteiger partial charge in [-0.25, -0.2) is 0 Å². The standard InChI is InChI=1S/C19H25F3N2O2/c20-19(21,22)16-6-4-15(5-7-16)18(25)24-9-2-1-3-17(24)8-10-23-11-13-26-14-12-23/h4-7,17H,1-3,8-14H2/t17-/m1/s1. The lowest BCUT2D eigenvalue weighted by Crippen LogP contribution is -2.46. The SMILES string of the molecule is O=C(c1ccc(C(F)(F)F)cc1)N1CCCC[C@@H]1CCN1CCOCC1. The summed E-state index contributed by atoms with van der Waals surface area (Å²) in [5, 5.41) is 0. The molecule has 4 nitrogen and oxygen atoms in total. The Morgan fingerprint density at radius 2 is 1.77 bits per heavy atom. The lowest BCUT2D eigenvalue weighted by Gasteiger charge is -2.37. The molecule has 0 N–H and O–H groups in total. The number of amides is 1. The summed E-state index contributed by atoms with van der Waals surface area (Å²) in [4.78, 5) is 17.0. The lowest BCUT2D eigenvalue weighted by molar-refractivity contribution is -0.137. The molecule has 0 spiro atoms. The van der Waals surface area contributed by atoms with E-state index in [0.29, 0.717) is 12.1 Å². The van der Waals surface area contributed by atoms with E-state index in [9.17, 15) is 18.0 Å². The quantitative estimate of drug-likeness (QED) is 0.814. The summed E-state index contributed by atoms with van der Waals surface area (Å²) in [5.41, 5.74) is -0.396. The Morgan fingerprint density at radius 3 is 2.42 bits per heavy atom. The zero-order chi connectivity index (χ0) is 18.6.